The molecular formula is C22H20O6. The smallest absolute Gasteiger partial charge is 0.349 e. The van der Waals surface area contributed by atoms with Crippen molar-refractivity contribution in [3.63, 3.8) is 0 Å². The first-order chi connectivity index (χ1) is 13.7. The quantitative estimate of drug-likeness (QED) is 0.369. The fourth-order valence-corrected chi connectivity index (χ4v) is 3.47. The number of carbonyl (C=O) groups is 1. The lowest BCUT2D eigenvalue weighted by molar-refractivity contribution is -0.136. The first-order valence-corrected chi connectivity index (χ1v) is 9.29. The zero-order valence-electron chi connectivity index (χ0n) is 15.5. The van der Waals surface area contributed by atoms with E-state index in [2.05, 4.69) is 0 Å². The zero-order chi connectivity index (χ0) is 19.5. The van der Waals surface area contributed by atoms with Crippen LogP contribution in [0.2, 0.25) is 0 Å². The summed E-state index contributed by atoms with van der Waals surface area (Å²) in [6, 6.07) is 12.2. The van der Waals surface area contributed by atoms with Crippen LogP contribution in [0.5, 0.6) is 17.2 Å². The second kappa shape index (κ2) is 7.76. The number of hydrogen-bond donors (Lipinski definition) is 0. The topological polar surface area (TPSA) is 75.0 Å². The summed E-state index contributed by atoms with van der Waals surface area (Å²) in [6.07, 6.45) is 2.57. The number of hydrogen-bond acceptors (Lipinski definition) is 6. The molecule has 0 fully saturated rings. The van der Waals surface area contributed by atoms with Gasteiger partial charge in [0.2, 0.25) is 0 Å². The molecule has 0 aliphatic heterocycles. The van der Waals surface area contributed by atoms with Crippen molar-refractivity contribution in [1.82, 2.24) is 0 Å². The van der Waals surface area contributed by atoms with Crippen molar-refractivity contribution in [2.45, 2.75) is 26.2 Å². The lowest BCUT2D eigenvalue weighted by Crippen LogP contribution is -2.18. The standard InChI is InChI=1S/C22H20O6/c1-2-25-18-8-3-4-9-19(18)26-13-21(23)27-14-10-11-16-15-6-5-7-17(15)22(24)28-20(16)12-14/h3-4,8-12H,2,5-7,13H2,1H3. The van der Waals surface area contributed by atoms with E-state index in [0.29, 0.717) is 29.4 Å². The minimum atomic E-state index is -0.561. The van der Waals surface area contributed by atoms with E-state index in [-0.39, 0.29) is 12.2 Å². The summed E-state index contributed by atoms with van der Waals surface area (Å²) < 4.78 is 21.7. The van der Waals surface area contributed by atoms with Crippen LogP contribution in [0.4, 0.5) is 0 Å². The Morgan fingerprint density at radius 1 is 1.04 bits per heavy atom. The van der Waals surface area contributed by atoms with Crippen LogP contribution in [0.1, 0.15) is 24.5 Å². The second-order valence-electron chi connectivity index (χ2n) is 6.50. The van der Waals surface area contributed by atoms with Crippen molar-refractivity contribution < 1.29 is 23.4 Å². The highest BCUT2D eigenvalue weighted by Crippen LogP contribution is 2.30. The highest BCUT2D eigenvalue weighted by atomic mass is 16.6. The normalized spacial score (nSPS) is 12.6. The van der Waals surface area contributed by atoms with Crippen LogP contribution in [0, 0.1) is 0 Å². The summed E-state index contributed by atoms with van der Waals surface area (Å²) in [5.74, 6) is 0.787. The molecular weight excluding hydrogens is 360 g/mol. The van der Waals surface area contributed by atoms with E-state index in [0.717, 1.165) is 35.8 Å². The van der Waals surface area contributed by atoms with Crippen LogP contribution < -0.4 is 19.8 Å². The third-order valence-corrected chi connectivity index (χ3v) is 4.67. The summed E-state index contributed by atoms with van der Waals surface area (Å²) in [6.45, 7) is 2.10. The Hall–Kier alpha value is -3.28. The predicted octanol–water partition coefficient (Wildman–Crippen LogP) is 3.66. The molecule has 1 aliphatic carbocycles. The number of rotatable bonds is 6. The molecule has 1 heterocycles. The van der Waals surface area contributed by atoms with Crippen LogP contribution in [-0.4, -0.2) is 19.2 Å². The van der Waals surface area contributed by atoms with E-state index in [9.17, 15) is 9.59 Å². The molecule has 0 spiro atoms. The minimum Gasteiger partial charge on any atom is -0.490 e. The molecule has 1 aromatic heterocycles. The molecule has 2 aromatic carbocycles. The molecule has 28 heavy (non-hydrogen) atoms. The van der Waals surface area contributed by atoms with Gasteiger partial charge >= 0.3 is 11.6 Å². The number of carbonyl (C=O) groups excluding carboxylic acids is 1. The Morgan fingerprint density at radius 3 is 2.57 bits per heavy atom. The highest BCUT2D eigenvalue weighted by molar-refractivity contribution is 5.84. The van der Waals surface area contributed by atoms with Crippen molar-refractivity contribution in [1.29, 1.82) is 0 Å². The van der Waals surface area contributed by atoms with Crippen molar-refractivity contribution in [3.05, 3.63) is 64.0 Å². The Bertz CT molecular complexity index is 1080. The number of benzene rings is 2. The van der Waals surface area contributed by atoms with Gasteiger partial charge in [0, 0.05) is 17.0 Å². The van der Waals surface area contributed by atoms with E-state index in [4.69, 9.17) is 18.6 Å². The second-order valence-corrected chi connectivity index (χ2v) is 6.50. The molecule has 0 bridgehead atoms. The minimum absolute atomic E-state index is 0.268. The summed E-state index contributed by atoms with van der Waals surface area (Å²) in [5, 5.41) is 0.897. The molecule has 0 unspecified atom stereocenters. The largest absolute Gasteiger partial charge is 0.490 e. The number of para-hydroxylation sites is 2. The summed E-state index contributed by atoms with van der Waals surface area (Å²) in [4.78, 5) is 24.3. The van der Waals surface area contributed by atoms with Gasteiger partial charge in [-0.1, -0.05) is 12.1 Å². The van der Waals surface area contributed by atoms with E-state index >= 15 is 0 Å². The van der Waals surface area contributed by atoms with E-state index < -0.39 is 5.97 Å². The lowest BCUT2D eigenvalue weighted by Gasteiger charge is -2.11. The van der Waals surface area contributed by atoms with E-state index in [1.807, 2.05) is 19.1 Å². The number of ether oxygens (including phenoxy) is 3. The summed E-state index contributed by atoms with van der Waals surface area (Å²) >= 11 is 0. The highest BCUT2D eigenvalue weighted by Gasteiger charge is 2.20. The fourth-order valence-electron chi connectivity index (χ4n) is 3.47. The van der Waals surface area contributed by atoms with Gasteiger partial charge in [0.15, 0.2) is 18.1 Å². The Balaban J connectivity index is 1.47. The molecule has 0 atom stereocenters. The first kappa shape index (κ1) is 18.1. The third kappa shape index (κ3) is 3.58. The van der Waals surface area contributed by atoms with Crippen LogP contribution in [0.25, 0.3) is 11.0 Å². The van der Waals surface area contributed by atoms with Gasteiger partial charge in [-0.25, -0.2) is 9.59 Å². The van der Waals surface area contributed by atoms with Gasteiger partial charge in [-0.3, -0.25) is 0 Å². The first-order valence-electron chi connectivity index (χ1n) is 9.29. The molecule has 6 nitrogen and oxygen atoms in total. The van der Waals surface area contributed by atoms with Gasteiger partial charge in [0.25, 0.3) is 0 Å². The summed E-state index contributed by atoms with van der Waals surface area (Å²) in [7, 11) is 0. The van der Waals surface area contributed by atoms with Gasteiger partial charge < -0.3 is 18.6 Å². The fraction of sp³-hybridized carbons (Fsp3) is 0.273. The van der Waals surface area contributed by atoms with Crippen LogP contribution in [0.15, 0.2) is 51.7 Å². The molecule has 0 saturated carbocycles. The average molecular weight is 380 g/mol. The van der Waals surface area contributed by atoms with E-state index in [1.165, 1.54) is 0 Å². The monoisotopic (exact) mass is 380 g/mol. The van der Waals surface area contributed by atoms with Gasteiger partial charge in [-0.2, -0.15) is 0 Å². The molecule has 0 radical (unpaired) electrons. The van der Waals surface area contributed by atoms with E-state index in [1.54, 1.807) is 30.3 Å². The molecule has 144 valence electrons. The number of fused-ring (bicyclic) bond motifs is 3. The maximum absolute atomic E-state index is 12.2. The maximum Gasteiger partial charge on any atom is 0.349 e. The van der Waals surface area contributed by atoms with Gasteiger partial charge in [-0.15, -0.1) is 0 Å². The Labute approximate surface area is 161 Å². The van der Waals surface area contributed by atoms with Crippen LogP contribution in [0.3, 0.4) is 0 Å². The molecule has 0 saturated heterocycles. The predicted molar refractivity (Wildman–Crippen MR) is 103 cm³/mol. The van der Waals surface area contributed by atoms with Crippen molar-refractivity contribution in [2.75, 3.05) is 13.2 Å². The molecule has 6 heteroatoms. The van der Waals surface area contributed by atoms with Crippen LogP contribution >= 0.6 is 0 Å². The third-order valence-electron chi connectivity index (χ3n) is 4.67. The molecule has 4 rings (SSSR count). The SMILES string of the molecule is CCOc1ccccc1OCC(=O)Oc1ccc2c3c(c(=O)oc2c1)CCC3. The Kier molecular flexibility index (Phi) is 5.02. The molecule has 1 aliphatic rings. The van der Waals surface area contributed by atoms with Gasteiger partial charge in [0.1, 0.15) is 11.3 Å². The van der Waals surface area contributed by atoms with Crippen molar-refractivity contribution >= 4 is 16.9 Å². The zero-order valence-corrected chi connectivity index (χ0v) is 15.5. The van der Waals surface area contributed by atoms with Crippen molar-refractivity contribution in [2.24, 2.45) is 0 Å². The Morgan fingerprint density at radius 2 is 1.79 bits per heavy atom. The van der Waals surface area contributed by atoms with Crippen LogP contribution in [-0.2, 0) is 17.6 Å². The maximum atomic E-state index is 12.2. The summed E-state index contributed by atoms with van der Waals surface area (Å²) in [5.41, 5.74) is 1.93. The number of aryl methyl sites for hydroxylation is 1. The molecule has 3 aromatic rings. The van der Waals surface area contributed by atoms with Gasteiger partial charge in [0.05, 0.1) is 6.61 Å². The molecule has 0 N–H and O–H groups in total. The lowest BCUT2D eigenvalue weighted by atomic mass is 10.1. The van der Waals surface area contributed by atoms with Crippen molar-refractivity contribution in [3.8, 4) is 17.2 Å². The molecule has 0 amide bonds. The van der Waals surface area contributed by atoms with Gasteiger partial charge in [-0.05, 0) is 56.0 Å². The average Bonchev–Trinajstić information content (AvgIpc) is 3.18. The number of esters is 1.